The van der Waals surface area contributed by atoms with Gasteiger partial charge in [-0.2, -0.15) is 0 Å². The number of hydrogen-bond acceptors (Lipinski definition) is 4. The quantitative estimate of drug-likeness (QED) is 0.635. The Bertz CT molecular complexity index is 944. The highest BCUT2D eigenvalue weighted by molar-refractivity contribution is 9.10. The predicted molar refractivity (Wildman–Crippen MR) is 102 cm³/mol. The number of carbonyl (C=O) groups excluding carboxylic acids is 1. The molecular weight excluding hydrogens is 429 g/mol. The van der Waals surface area contributed by atoms with Gasteiger partial charge in [0.1, 0.15) is 0 Å². The third-order valence-corrected chi connectivity index (χ3v) is 4.43. The summed E-state index contributed by atoms with van der Waals surface area (Å²) in [7, 11) is 0. The first-order valence-corrected chi connectivity index (χ1v) is 8.69. The van der Waals surface area contributed by atoms with Crippen LogP contribution in [0.4, 0.5) is 11.5 Å². The second kappa shape index (κ2) is 7.43. The van der Waals surface area contributed by atoms with Crippen LogP contribution in [-0.2, 0) is 6.54 Å². The van der Waals surface area contributed by atoms with Crippen LogP contribution < -0.4 is 11.1 Å². The monoisotopic (exact) mass is 439 g/mol. The van der Waals surface area contributed by atoms with E-state index in [4.69, 9.17) is 28.9 Å². The van der Waals surface area contributed by atoms with Crippen LogP contribution in [0.15, 0.2) is 46.9 Å². The lowest BCUT2D eigenvalue weighted by Gasteiger charge is -2.07. The van der Waals surface area contributed by atoms with Gasteiger partial charge in [0.2, 0.25) is 0 Å². The molecule has 3 aromatic rings. The fraction of sp³-hybridized carbons (Fsp3) is 0.0625. The Morgan fingerprint density at radius 1 is 1.24 bits per heavy atom. The predicted octanol–water partition coefficient (Wildman–Crippen LogP) is 4.23. The molecule has 9 heteroatoms. The van der Waals surface area contributed by atoms with E-state index in [2.05, 4.69) is 31.6 Å². The third kappa shape index (κ3) is 4.12. The number of nitrogens with two attached hydrogens (primary N) is 1. The number of hydrogen-bond donors (Lipinski definition) is 2. The van der Waals surface area contributed by atoms with Crippen molar-refractivity contribution >= 4 is 56.5 Å². The molecule has 3 rings (SSSR count). The summed E-state index contributed by atoms with van der Waals surface area (Å²) in [5.41, 5.74) is 7.43. The van der Waals surface area contributed by atoms with E-state index < -0.39 is 5.91 Å². The van der Waals surface area contributed by atoms with Crippen LogP contribution in [0.1, 0.15) is 16.1 Å². The Hall–Kier alpha value is -2.09. The second-order valence-corrected chi connectivity index (χ2v) is 6.95. The fourth-order valence-corrected chi connectivity index (χ4v) is 3.08. The van der Waals surface area contributed by atoms with Gasteiger partial charge in [-0.15, -0.1) is 5.10 Å². The summed E-state index contributed by atoms with van der Waals surface area (Å²) >= 11 is 15.3. The largest absolute Gasteiger partial charge is 0.382 e. The smallest absolute Gasteiger partial charge is 0.280 e. The first kappa shape index (κ1) is 17.7. The molecule has 0 aliphatic carbocycles. The Labute approximate surface area is 162 Å². The summed E-state index contributed by atoms with van der Waals surface area (Å²) in [5.74, 6) is -0.329. The highest BCUT2D eigenvalue weighted by Gasteiger charge is 2.18. The zero-order chi connectivity index (χ0) is 18.0. The molecule has 0 unspecified atom stereocenters. The van der Waals surface area contributed by atoms with Gasteiger partial charge in [0.05, 0.1) is 17.3 Å². The number of aromatic nitrogens is 3. The molecule has 2 aromatic carbocycles. The topological polar surface area (TPSA) is 85.8 Å². The Kier molecular flexibility index (Phi) is 5.27. The Morgan fingerprint density at radius 3 is 2.76 bits per heavy atom. The molecule has 0 spiro atoms. The average Bonchev–Trinajstić information content (AvgIpc) is 2.91. The van der Waals surface area contributed by atoms with Crippen molar-refractivity contribution < 1.29 is 4.79 Å². The number of rotatable bonds is 4. The number of nitrogen functional groups attached to an aromatic ring is 1. The van der Waals surface area contributed by atoms with E-state index in [1.165, 1.54) is 10.7 Å². The van der Waals surface area contributed by atoms with Crippen LogP contribution in [0.2, 0.25) is 10.0 Å². The van der Waals surface area contributed by atoms with Crippen LogP contribution in [0.5, 0.6) is 0 Å². The lowest BCUT2D eigenvalue weighted by Crippen LogP contribution is -2.15. The first-order chi connectivity index (χ1) is 11.9. The molecule has 25 heavy (non-hydrogen) atoms. The molecule has 0 bridgehead atoms. The van der Waals surface area contributed by atoms with Gasteiger partial charge in [-0.1, -0.05) is 56.5 Å². The molecule has 1 heterocycles. The van der Waals surface area contributed by atoms with E-state index in [1.807, 2.05) is 24.3 Å². The number of benzene rings is 2. The highest BCUT2D eigenvalue weighted by Crippen LogP contribution is 2.26. The summed E-state index contributed by atoms with van der Waals surface area (Å²) < 4.78 is 2.40. The van der Waals surface area contributed by atoms with Crippen molar-refractivity contribution in [1.82, 2.24) is 15.0 Å². The number of nitrogens with one attached hydrogen (secondary N) is 1. The molecule has 0 saturated carbocycles. The fourth-order valence-electron chi connectivity index (χ4n) is 2.18. The van der Waals surface area contributed by atoms with Gasteiger partial charge in [0, 0.05) is 9.50 Å². The zero-order valence-corrected chi connectivity index (χ0v) is 15.8. The van der Waals surface area contributed by atoms with Crippen molar-refractivity contribution in [3.63, 3.8) is 0 Å². The lowest BCUT2D eigenvalue weighted by molar-refractivity contribution is 0.102. The van der Waals surface area contributed by atoms with Gasteiger partial charge < -0.3 is 11.1 Å². The normalized spacial score (nSPS) is 10.7. The van der Waals surface area contributed by atoms with E-state index >= 15 is 0 Å². The molecule has 0 fully saturated rings. The Balaban J connectivity index is 1.79. The molecule has 3 N–H and O–H groups in total. The van der Waals surface area contributed by atoms with E-state index in [0.29, 0.717) is 22.3 Å². The molecule has 0 radical (unpaired) electrons. The highest BCUT2D eigenvalue weighted by atomic mass is 79.9. The molecule has 6 nitrogen and oxygen atoms in total. The molecule has 1 aromatic heterocycles. The summed E-state index contributed by atoms with van der Waals surface area (Å²) in [5, 5.41) is 11.3. The molecule has 0 saturated heterocycles. The zero-order valence-electron chi connectivity index (χ0n) is 12.7. The summed E-state index contributed by atoms with van der Waals surface area (Å²) in [6.45, 7) is 0.396. The van der Waals surface area contributed by atoms with Crippen molar-refractivity contribution in [3.8, 4) is 0 Å². The van der Waals surface area contributed by atoms with E-state index in [0.717, 1.165) is 10.0 Å². The van der Waals surface area contributed by atoms with Crippen molar-refractivity contribution in [2.24, 2.45) is 0 Å². The van der Waals surface area contributed by atoms with E-state index in [9.17, 15) is 4.79 Å². The van der Waals surface area contributed by atoms with Gasteiger partial charge in [-0.25, -0.2) is 4.68 Å². The maximum atomic E-state index is 12.4. The minimum atomic E-state index is -0.498. The molecule has 0 atom stereocenters. The van der Waals surface area contributed by atoms with Crippen LogP contribution in [0.25, 0.3) is 0 Å². The summed E-state index contributed by atoms with van der Waals surface area (Å²) in [6, 6.07) is 12.5. The molecular formula is C16H12BrCl2N5O. The van der Waals surface area contributed by atoms with Crippen LogP contribution in [0.3, 0.4) is 0 Å². The number of nitrogens with zero attached hydrogens (tertiary/aromatic N) is 3. The van der Waals surface area contributed by atoms with Gasteiger partial charge >= 0.3 is 0 Å². The summed E-state index contributed by atoms with van der Waals surface area (Å²) in [6.07, 6.45) is 0. The minimum Gasteiger partial charge on any atom is -0.382 e. The number of anilines is 2. The van der Waals surface area contributed by atoms with Crippen molar-refractivity contribution in [2.45, 2.75) is 6.54 Å². The maximum Gasteiger partial charge on any atom is 0.280 e. The summed E-state index contributed by atoms with van der Waals surface area (Å²) in [4.78, 5) is 12.4. The number of halogens is 3. The molecule has 0 aliphatic rings. The third-order valence-electron chi connectivity index (χ3n) is 3.39. The first-order valence-electron chi connectivity index (χ1n) is 7.14. The maximum absolute atomic E-state index is 12.4. The molecule has 1 amide bonds. The van der Waals surface area contributed by atoms with E-state index in [-0.39, 0.29) is 11.5 Å². The van der Waals surface area contributed by atoms with Crippen LogP contribution in [0, 0.1) is 0 Å². The van der Waals surface area contributed by atoms with Gasteiger partial charge in [-0.3, -0.25) is 4.79 Å². The molecule has 0 aliphatic heterocycles. The van der Waals surface area contributed by atoms with Crippen molar-refractivity contribution in [2.75, 3.05) is 11.1 Å². The lowest BCUT2D eigenvalue weighted by atomic mass is 10.2. The Morgan fingerprint density at radius 2 is 2.04 bits per heavy atom. The van der Waals surface area contributed by atoms with Crippen molar-refractivity contribution in [3.05, 3.63) is 68.2 Å². The van der Waals surface area contributed by atoms with Gasteiger partial charge in [-0.05, 0) is 35.9 Å². The van der Waals surface area contributed by atoms with E-state index in [1.54, 1.807) is 12.1 Å². The van der Waals surface area contributed by atoms with Gasteiger partial charge in [0.15, 0.2) is 11.5 Å². The second-order valence-electron chi connectivity index (χ2n) is 5.19. The number of carbonyl (C=O) groups is 1. The minimum absolute atomic E-state index is 0.0287. The standard InChI is InChI=1S/C16H12BrCl2N5O/c17-10-3-1-2-9(6-10)8-24-15(20)14(22-23-24)16(25)21-13-5-4-11(18)7-12(13)19/h1-7H,8,20H2,(H,21,25). The SMILES string of the molecule is Nc1c(C(=O)Nc2ccc(Cl)cc2Cl)nnn1Cc1cccc(Br)c1. The van der Waals surface area contributed by atoms with Gasteiger partial charge in [0.25, 0.3) is 5.91 Å². The average molecular weight is 441 g/mol. The number of amides is 1. The molecule has 128 valence electrons. The van der Waals surface area contributed by atoms with Crippen molar-refractivity contribution in [1.29, 1.82) is 0 Å². The van der Waals surface area contributed by atoms with Crippen LogP contribution in [-0.4, -0.2) is 20.9 Å². The van der Waals surface area contributed by atoms with Crippen LogP contribution >= 0.6 is 39.1 Å².